The van der Waals surface area contributed by atoms with Gasteiger partial charge in [0, 0.05) is 18.8 Å². The molecule has 0 atom stereocenters. The molecule has 5 heteroatoms. The van der Waals surface area contributed by atoms with Crippen molar-refractivity contribution >= 4 is 5.91 Å². The number of carbonyl (C=O) groups excluding carboxylic acids is 1. The van der Waals surface area contributed by atoms with Gasteiger partial charge < -0.3 is 10.1 Å². The summed E-state index contributed by atoms with van der Waals surface area (Å²) < 4.78 is 17.7. The van der Waals surface area contributed by atoms with E-state index in [1.807, 2.05) is 0 Å². The SMILES string of the molecule is COc1ccc(C(=O)NCCc2ccc(F)cc2)cn1. The summed E-state index contributed by atoms with van der Waals surface area (Å²) in [6, 6.07) is 9.51. The molecule has 1 heterocycles. The van der Waals surface area contributed by atoms with Crippen LogP contribution < -0.4 is 10.1 Å². The van der Waals surface area contributed by atoms with Gasteiger partial charge in [0.2, 0.25) is 5.88 Å². The van der Waals surface area contributed by atoms with Gasteiger partial charge in [-0.15, -0.1) is 0 Å². The molecule has 2 aromatic rings. The lowest BCUT2D eigenvalue weighted by molar-refractivity contribution is 0.0953. The second kappa shape index (κ2) is 6.65. The number of hydrogen-bond donors (Lipinski definition) is 1. The fourth-order valence-electron chi connectivity index (χ4n) is 1.71. The summed E-state index contributed by atoms with van der Waals surface area (Å²) in [5.74, 6) is 0.0113. The van der Waals surface area contributed by atoms with Crippen molar-refractivity contribution in [1.82, 2.24) is 10.3 Å². The first-order chi connectivity index (χ1) is 9.69. The lowest BCUT2D eigenvalue weighted by Gasteiger charge is -2.06. The number of nitrogens with one attached hydrogen (secondary N) is 1. The van der Waals surface area contributed by atoms with Gasteiger partial charge in [-0.3, -0.25) is 4.79 Å². The zero-order valence-electron chi connectivity index (χ0n) is 11.1. The van der Waals surface area contributed by atoms with Crippen molar-refractivity contribution in [2.75, 3.05) is 13.7 Å². The fourth-order valence-corrected chi connectivity index (χ4v) is 1.71. The summed E-state index contributed by atoms with van der Waals surface area (Å²) in [5.41, 5.74) is 1.45. The Balaban J connectivity index is 1.83. The molecule has 0 unspecified atom stereocenters. The maximum atomic E-state index is 12.7. The molecule has 1 aromatic heterocycles. The molecule has 4 nitrogen and oxygen atoms in total. The monoisotopic (exact) mass is 274 g/mol. The summed E-state index contributed by atoms with van der Waals surface area (Å²) in [5, 5.41) is 2.79. The number of halogens is 1. The van der Waals surface area contributed by atoms with Crippen molar-refractivity contribution in [3.63, 3.8) is 0 Å². The Morgan fingerprint density at radius 3 is 2.60 bits per heavy atom. The van der Waals surface area contributed by atoms with Gasteiger partial charge in [0.25, 0.3) is 5.91 Å². The molecule has 2 rings (SSSR count). The average molecular weight is 274 g/mol. The highest BCUT2D eigenvalue weighted by molar-refractivity contribution is 5.93. The molecule has 1 aromatic carbocycles. The quantitative estimate of drug-likeness (QED) is 0.909. The molecule has 1 amide bonds. The minimum atomic E-state index is -0.262. The van der Waals surface area contributed by atoms with Crippen LogP contribution >= 0.6 is 0 Å². The minimum Gasteiger partial charge on any atom is -0.481 e. The number of hydrogen-bond acceptors (Lipinski definition) is 3. The Bertz CT molecular complexity index is 567. The standard InChI is InChI=1S/C15H15FN2O2/c1-20-14-7-4-12(10-18-14)15(19)17-9-8-11-2-5-13(16)6-3-11/h2-7,10H,8-9H2,1H3,(H,17,19). The fraction of sp³-hybridized carbons (Fsp3) is 0.200. The van der Waals surface area contributed by atoms with Crippen LogP contribution in [0.5, 0.6) is 5.88 Å². The minimum absolute atomic E-state index is 0.192. The smallest absolute Gasteiger partial charge is 0.252 e. The van der Waals surface area contributed by atoms with E-state index in [1.54, 1.807) is 24.3 Å². The van der Waals surface area contributed by atoms with Gasteiger partial charge in [0.1, 0.15) is 5.82 Å². The Morgan fingerprint density at radius 2 is 2.00 bits per heavy atom. The molecule has 0 aliphatic heterocycles. The Morgan fingerprint density at radius 1 is 1.25 bits per heavy atom. The third-order valence-corrected chi connectivity index (χ3v) is 2.82. The number of nitrogens with zero attached hydrogens (tertiary/aromatic N) is 1. The van der Waals surface area contributed by atoms with Crippen LogP contribution in [0.4, 0.5) is 4.39 Å². The number of carbonyl (C=O) groups is 1. The molecule has 0 spiro atoms. The Hall–Kier alpha value is -2.43. The molecule has 0 aliphatic rings. The molecule has 0 radical (unpaired) electrons. The van der Waals surface area contributed by atoms with E-state index in [0.717, 1.165) is 5.56 Å². The molecule has 0 saturated carbocycles. The van der Waals surface area contributed by atoms with Crippen molar-refractivity contribution in [1.29, 1.82) is 0 Å². The molecular formula is C15H15FN2O2. The number of methoxy groups -OCH3 is 1. The van der Waals surface area contributed by atoms with Crippen LogP contribution in [0.25, 0.3) is 0 Å². The topological polar surface area (TPSA) is 51.2 Å². The van der Waals surface area contributed by atoms with Crippen LogP contribution in [-0.4, -0.2) is 24.5 Å². The normalized spacial score (nSPS) is 10.1. The maximum Gasteiger partial charge on any atom is 0.252 e. The molecule has 104 valence electrons. The van der Waals surface area contributed by atoms with E-state index in [9.17, 15) is 9.18 Å². The molecule has 1 N–H and O–H groups in total. The van der Waals surface area contributed by atoms with Crippen molar-refractivity contribution in [3.8, 4) is 5.88 Å². The molecular weight excluding hydrogens is 259 g/mol. The van der Waals surface area contributed by atoms with E-state index in [1.165, 1.54) is 25.4 Å². The number of pyridine rings is 1. The van der Waals surface area contributed by atoms with Gasteiger partial charge in [-0.2, -0.15) is 0 Å². The number of rotatable bonds is 5. The van der Waals surface area contributed by atoms with Gasteiger partial charge in [0.15, 0.2) is 0 Å². The summed E-state index contributed by atoms with van der Waals surface area (Å²) in [4.78, 5) is 15.8. The van der Waals surface area contributed by atoms with E-state index in [2.05, 4.69) is 10.3 Å². The van der Waals surface area contributed by atoms with E-state index in [-0.39, 0.29) is 11.7 Å². The average Bonchev–Trinajstić information content (AvgIpc) is 2.49. The molecule has 0 saturated heterocycles. The lowest BCUT2D eigenvalue weighted by Crippen LogP contribution is -2.25. The highest BCUT2D eigenvalue weighted by Crippen LogP contribution is 2.07. The van der Waals surface area contributed by atoms with E-state index >= 15 is 0 Å². The highest BCUT2D eigenvalue weighted by Gasteiger charge is 2.05. The Kier molecular flexibility index (Phi) is 4.65. The predicted octanol–water partition coefficient (Wildman–Crippen LogP) is 2.20. The van der Waals surface area contributed by atoms with Crippen LogP contribution in [0.1, 0.15) is 15.9 Å². The third kappa shape index (κ3) is 3.78. The summed E-state index contributed by atoms with van der Waals surface area (Å²) in [6.45, 7) is 0.483. The summed E-state index contributed by atoms with van der Waals surface area (Å²) >= 11 is 0. The van der Waals surface area contributed by atoms with Crippen LogP contribution in [0.15, 0.2) is 42.6 Å². The van der Waals surface area contributed by atoms with E-state index in [0.29, 0.717) is 24.4 Å². The zero-order valence-corrected chi connectivity index (χ0v) is 11.1. The number of ether oxygens (including phenoxy) is 1. The highest BCUT2D eigenvalue weighted by atomic mass is 19.1. The van der Waals surface area contributed by atoms with Crippen LogP contribution in [0.2, 0.25) is 0 Å². The number of amides is 1. The van der Waals surface area contributed by atoms with Gasteiger partial charge in [-0.25, -0.2) is 9.37 Å². The first-order valence-electron chi connectivity index (χ1n) is 6.22. The lowest BCUT2D eigenvalue weighted by atomic mass is 10.1. The van der Waals surface area contributed by atoms with Crippen molar-refractivity contribution in [2.45, 2.75) is 6.42 Å². The summed E-state index contributed by atoms with van der Waals surface area (Å²) in [6.07, 6.45) is 2.11. The summed E-state index contributed by atoms with van der Waals surface area (Å²) in [7, 11) is 1.52. The van der Waals surface area contributed by atoms with Gasteiger partial charge in [-0.1, -0.05) is 12.1 Å². The predicted molar refractivity (Wildman–Crippen MR) is 73.2 cm³/mol. The Labute approximate surface area is 116 Å². The van der Waals surface area contributed by atoms with Gasteiger partial charge >= 0.3 is 0 Å². The van der Waals surface area contributed by atoms with Crippen molar-refractivity contribution < 1.29 is 13.9 Å². The van der Waals surface area contributed by atoms with Crippen LogP contribution in [-0.2, 0) is 6.42 Å². The first-order valence-corrected chi connectivity index (χ1v) is 6.22. The second-order valence-corrected chi connectivity index (χ2v) is 4.22. The first kappa shape index (κ1) is 14.0. The van der Waals surface area contributed by atoms with Crippen molar-refractivity contribution in [2.24, 2.45) is 0 Å². The molecule has 20 heavy (non-hydrogen) atoms. The van der Waals surface area contributed by atoms with Gasteiger partial charge in [0.05, 0.1) is 12.7 Å². The largest absolute Gasteiger partial charge is 0.481 e. The van der Waals surface area contributed by atoms with Crippen molar-refractivity contribution in [3.05, 3.63) is 59.5 Å². The molecule has 0 fully saturated rings. The van der Waals surface area contributed by atoms with Crippen LogP contribution in [0.3, 0.4) is 0 Å². The van der Waals surface area contributed by atoms with E-state index in [4.69, 9.17) is 4.74 Å². The molecule has 0 aliphatic carbocycles. The zero-order chi connectivity index (χ0) is 14.4. The molecule has 0 bridgehead atoms. The van der Waals surface area contributed by atoms with Crippen LogP contribution in [0, 0.1) is 5.82 Å². The number of aromatic nitrogens is 1. The number of benzene rings is 1. The van der Waals surface area contributed by atoms with E-state index < -0.39 is 0 Å². The maximum absolute atomic E-state index is 12.7. The third-order valence-electron chi connectivity index (χ3n) is 2.82. The second-order valence-electron chi connectivity index (χ2n) is 4.22. The van der Waals surface area contributed by atoms with Gasteiger partial charge in [-0.05, 0) is 30.2 Å².